The number of hydrogen-bond acceptors (Lipinski definition) is 4. The van der Waals surface area contributed by atoms with Crippen molar-refractivity contribution in [2.45, 2.75) is 19.4 Å². The minimum atomic E-state index is -0.925. The summed E-state index contributed by atoms with van der Waals surface area (Å²) in [6, 6.07) is 7.41. The Balaban J connectivity index is 2.57. The van der Waals surface area contributed by atoms with Crippen LogP contribution in [0.4, 0.5) is 0 Å². The fraction of sp³-hybridized carbons (Fsp3) is 0.571. The van der Waals surface area contributed by atoms with Crippen molar-refractivity contribution in [3.05, 3.63) is 29.8 Å². The van der Waals surface area contributed by atoms with Crippen molar-refractivity contribution in [2.75, 3.05) is 31.8 Å². The van der Waals surface area contributed by atoms with Crippen molar-refractivity contribution < 1.29 is 13.7 Å². The quantitative estimate of drug-likeness (QED) is 0.704. The second-order valence-electron chi connectivity index (χ2n) is 4.23. The average Bonchev–Trinajstić information content (AvgIpc) is 2.40. The van der Waals surface area contributed by atoms with Crippen molar-refractivity contribution in [1.29, 1.82) is 0 Å². The molecule has 2 unspecified atom stereocenters. The Bertz CT molecular complexity index is 398. The molecule has 0 aromatic heterocycles. The van der Waals surface area contributed by atoms with Crippen LogP contribution in [0.1, 0.15) is 24.9 Å². The summed E-state index contributed by atoms with van der Waals surface area (Å²) in [5.41, 5.74) is 7.05. The minimum absolute atomic E-state index is 0.258. The second-order valence-corrected chi connectivity index (χ2v) is 5.86. The predicted molar refractivity (Wildman–Crippen MR) is 78.9 cm³/mol. The van der Waals surface area contributed by atoms with Crippen LogP contribution >= 0.6 is 0 Å². The number of hydrogen-bond donors (Lipinski definition) is 1. The molecule has 0 radical (unpaired) electrons. The zero-order chi connectivity index (χ0) is 14.1. The van der Waals surface area contributed by atoms with Crippen molar-refractivity contribution in [3.63, 3.8) is 0 Å². The molecule has 1 aromatic carbocycles. The normalized spacial score (nSPS) is 14.1. The van der Waals surface area contributed by atoms with Crippen molar-refractivity contribution in [3.8, 4) is 5.75 Å². The van der Waals surface area contributed by atoms with Gasteiger partial charge >= 0.3 is 0 Å². The molecule has 0 fully saturated rings. The van der Waals surface area contributed by atoms with E-state index in [2.05, 4.69) is 0 Å². The predicted octanol–water partition coefficient (Wildman–Crippen LogP) is 1.87. The lowest BCUT2D eigenvalue weighted by Gasteiger charge is -2.16. The first-order valence-electron chi connectivity index (χ1n) is 6.50. The Hall–Kier alpha value is -0.910. The number of ether oxygens (including phenoxy) is 2. The summed E-state index contributed by atoms with van der Waals surface area (Å²) in [7, 11) is 0.721. The van der Waals surface area contributed by atoms with Gasteiger partial charge in [-0.25, -0.2) is 0 Å². The van der Waals surface area contributed by atoms with Gasteiger partial charge in [0.2, 0.25) is 0 Å². The maximum atomic E-state index is 11.9. The third-order valence-electron chi connectivity index (χ3n) is 2.70. The summed E-state index contributed by atoms with van der Waals surface area (Å²) < 4.78 is 22.4. The Labute approximate surface area is 117 Å². The molecule has 0 aliphatic carbocycles. The lowest BCUT2D eigenvalue weighted by atomic mass is 10.1. The van der Waals surface area contributed by atoms with E-state index in [9.17, 15) is 4.21 Å². The Kier molecular flexibility index (Phi) is 7.70. The van der Waals surface area contributed by atoms with Gasteiger partial charge in [-0.05, 0) is 19.4 Å². The summed E-state index contributed by atoms with van der Waals surface area (Å²) in [6.45, 7) is 3.17. The summed E-state index contributed by atoms with van der Waals surface area (Å²) in [5, 5.41) is 0. The molecule has 0 heterocycles. The number of benzene rings is 1. The molecule has 108 valence electrons. The van der Waals surface area contributed by atoms with E-state index in [-0.39, 0.29) is 6.04 Å². The van der Waals surface area contributed by atoms with Crippen LogP contribution < -0.4 is 10.5 Å². The minimum Gasteiger partial charge on any atom is -0.494 e. The third kappa shape index (κ3) is 5.72. The Morgan fingerprint density at radius 2 is 2.11 bits per heavy atom. The first-order chi connectivity index (χ1) is 9.19. The standard InChI is InChI=1S/C14H23NO3S/c1-3-18-14-8-5-4-7-12(14)13(15)11-19(16)10-6-9-17-2/h4-5,7-8,13H,3,6,9-11,15H2,1-2H3. The van der Waals surface area contributed by atoms with E-state index in [0.29, 0.717) is 24.7 Å². The van der Waals surface area contributed by atoms with Crippen LogP contribution in [0.15, 0.2) is 24.3 Å². The van der Waals surface area contributed by atoms with Gasteiger partial charge in [-0.3, -0.25) is 4.21 Å². The molecular formula is C14H23NO3S. The number of methoxy groups -OCH3 is 1. The fourth-order valence-electron chi connectivity index (χ4n) is 1.81. The molecule has 1 rings (SSSR count). The highest BCUT2D eigenvalue weighted by Gasteiger charge is 2.14. The molecule has 0 aliphatic rings. The van der Waals surface area contributed by atoms with E-state index in [1.165, 1.54) is 0 Å². The van der Waals surface area contributed by atoms with Gasteiger partial charge in [0.15, 0.2) is 0 Å². The lowest BCUT2D eigenvalue weighted by molar-refractivity contribution is 0.200. The summed E-state index contributed by atoms with van der Waals surface area (Å²) >= 11 is 0. The molecule has 5 heteroatoms. The van der Waals surface area contributed by atoms with E-state index in [0.717, 1.165) is 17.7 Å². The van der Waals surface area contributed by atoms with Gasteiger partial charge < -0.3 is 15.2 Å². The van der Waals surface area contributed by atoms with Gasteiger partial charge in [-0.2, -0.15) is 0 Å². The van der Waals surface area contributed by atoms with Gasteiger partial charge in [0.25, 0.3) is 0 Å². The van der Waals surface area contributed by atoms with E-state index < -0.39 is 10.8 Å². The van der Waals surface area contributed by atoms with E-state index in [1.54, 1.807) is 7.11 Å². The van der Waals surface area contributed by atoms with Gasteiger partial charge in [0, 0.05) is 47.6 Å². The SMILES string of the molecule is CCOc1ccccc1C(N)CS(=O)CCCOC. The van der Waals surface area contributed by atoms with Crippen molar-refractivity contribution in [2.24, 2.45) is 5.73 Å². The van der Waals surface area contributed by atoms with Crippen LogP contribution in [0.5, 0.6) is 5.75 Å². The smallest absolute Gasteiger partial charge is 0.124 e. The van der Waals surface area contributed by atoms with Crippen LogP contribution in [-0.2, 0) is 15.5 Å². The maximum Gasteiger partial charge on any atom is 0.124 e. The molecule has 2 N–H and O–H groups in total. The van der Waals surface area contributed by atoms with Gasteiger partial charge in [-0.1, -0.05) is 18.2 Å². The highest BCUT2D eigenvalue weighted by atomic mass is 32.2. The molecule has 4 nitrogen and oxygen atoms in total. The summed E-state index contributed by atoms with van der Waals surface area (Å²) in [4.78, 5) is 0. The topological polar surface area (TPSA) is 61.5 Å². The molecule has 0 saturated heterocycles. The van der Waals surface area contributed by atoms with Crippen LogP contribution in [0.25, 0.3) is 0 Å². The summed E-state index contributed by atoms with van der Waals surface area (Å²) in [6.07, 6.45) is 0.795. The Morgan fingerprint density at radius 1 is 1.37 bits per heavy atom. The van der Waals surface area contributed by atoms with Crippen molar-refractivity contribution in [1.82, 2.24) is 0 Å². The molecule has 0 bridgehead atoms. The van der Waals surface area contributed by atoms with Gasteiger partial charge in [0.1, 0.15) is 5.75 Å². The molecule has 0 saturated carbocycles. The summed E-state index contributed by atoms with van der Waals surface area (Å²) in [5.74, 6) is 1.86. The largest absolute Gasteiger partial charge is 0.494 e. The van der Waals surface area contributed by atoms with Crippen molar-refractivity contribution >= 4 is 10.8 Å². The molecule has 1 aromatic rings. The van der Waals surface area contributed by atoms with Gasteiger partial charge in [0.05, 0.1) is 6.61 Å². The molecule has 0 spiro atoms. The highest BCUT2D eigenvalue weighted by Crippen LogP contribution is 2.24. The van der Waals surface area contributed by atoms with Crippen LogP contribution in [-0.4, -0.2) is 36.0 Å². The zero-order valence-electron chi connectivity index (χ0n) is 11.6. The highest BCUT2D eigenvalue weighted by molar-refractivity contribution is 7.85. The monoisotopic (exact) mass is 285 g/mol. The fourth-order valence-corrected chi connectivity index (χ4v) is 3.00. The zero-order valence-corrected chi connectivity index (χ0v) is 12.4. The van der Waals surface area contributed by atoms with Crippen LogP contribution in [0, 0.1) is 0 Å². The van der Waals surface area contributed by atoms with Gasteiger partial charge in [-0.15, -0.1) is 0 Å². The lowest BCUT2D eigenvalue weighted by Crippen LogP contribution is -2.21. The van der Waals surface area contributed by atoms with Crippen LogP contribution in [0.2, 0.25) is 0 Å². The average molecular weight is 285 g/mol. The van der Waals surface area contributed by atoms with E-state index >= 15 is 0 Å². The molecule has 19 heavy (non-hydrogen) atoms. The molecular weight excluding hydrogens is 262 g/mol. The number of para-hydroxylation sites is 1. The van der Waals surface area contributed by atoms with E-state index in [1.807, 2.05) is 31.2 Å². The first-order valence-corrected chi connectivity index (χ1v) is 7.99. The third-order valence-corrected chi connectivity index (χ3v) is 4.18. The molecule has 2 atom stereocenters. The van der Waals surface area contributed by atoms with Crippen LogP contribution in [0.3, 0.4) is 0 Å². The number of rotatable bonds is 9. The molecule has 0 amide bonds. The van der Waals surface area contributed by atoms with E-state index in [4.69, 9.17) is 15.2 Å². The number of nitrogens with two attached hydrogens (primary N) is 1. The maximum absolute atomic E-state index is 11.9. The molecule has 0 aliphatic heterocycles. The Morgan fingerprint density at radius 3 is 2.79 bits per heavy atom. The first kappa shape index (κ1) is 16.1. The second kappa shape index (κ2) is 9.07.